The van der Waals surface area contributed by atoms with Crippen molar-refractivity contribution in [1.29, 1.82) is 0 Å². The smallest absolute Gasteiger partial charge is 0.0689 e. The van der Waals surface area contributed by atoms with Crippen LogP contribution in [0, 0.1) is 0 Å². The van der Waals surface area contributed by atoms with Crippen molar-refractivity contribution in [2.24, 2.45) is 0 Å². The van der Waals surface area contributed by atoms with Crippen LogP contribution < -0.4 is 5.32 Å². The van der Waals surface area contributed by atoms with Gasteiger partial charge in [0, 0.05) is 17.9 Å². The Labute approximate surface area is 84.3 Å². The molecule has 1 aliphatic heterocycles. The molecule has 1 heterocycles. The van der Waals surface area contributed by atoms with Crippen molar-refractivity contribution >= 4 is 8.80 Å². The quantitative estimate of drug-likeness (QED) is 0.644. The molecule has 78 valence electrons. The van der Waals surface area contributed by atoms with E-state index in [-0.39, 0.29) is 0 Å². The highest BCUT2D eigenvalue weighted by Crippen LogP contribution is 2.20. The van der Waals surface area contributed by atoms with Crippen LogP contribution in [0.3, 0.4) is 0 Å². The van der Waals surface area contributed by atoms with Gasteiger partial charge in [-0.15, -0.1) is 0 Å². The van der Waals surface area contributed by atoms with Gasteiger partial charge in [0.15, 0.2) is 0 Å². The van der Waals surface area contributed by atoms with Crippen molar-refractivity contribution in [3.63, 3.8) is 0 Å². The first-order valence-electron chi connectivity index (χ1n) is 5.43. The summed E-state index contributed by atoms with van der Waals surface area (Å²) in [7, 11) is -0.595. The average molecular weight is 200 g/mol. The maximum absolute atomic E-state index is 3.66. The van der Waals surface area contributed by atoms with Gasteiger partial charge in [-0.3, -0.25) is 4.90 Å². The van der Waals surface area contributed by atoms with E-state index >= 15 is 0 Å². The fraction of sp³-hybridized carbons (Fsp3) is 1.00. The lowest BCUT2D eigenvalue weighted by Crippen LogP contribution is -2.63. The fourth-order valence-electron chi connectivity index (χ4n) is 2.10. The van der Waals surface area contributed by atoms with Gasteiger partial charge in [-0.05, 0) is 33.7 Å². The van der Waals surface area contributed by atoms with Crippen LogP contribution in [0.1, 0.15) is 27.2 Å². The minimum absolute atomic E-state index is 0.329. The van der Waals surface area contributed by atoms with Crippen molar-refractivity contribution in [3.8, 4) is 0 Å². The van der Waals surface area contributed by atoms with Crippen molar-refractivity contribution in [2.45, 2.75) is 51.6 Å². The van der Waals surface area contributed by atoms with E-state index < -0.39 is 8.80 Å². The first-order chi connectivity index (χ1) is 5.93. The molecule has 1 saturated heterocycles. The molecule has 0 radical (unpaired) electrons. The zero-order valence-corrected chi connectivity index (χ0v) is 10.9. The maximum atomic E-state index is 3.66. The molecule has 0 amide bonds. The van der Waals surface area contributed by atoms with Crippen LogP contribution in [-0.2, 0) is 0 Å². The summed E-state index contributed by atoms with van der Waals surface area (Å²) < 4.78 is 0. The molecule has 13 heavy (non-hydrogen) atoms. The minimum Gasteiger partial charge on any atom is -0.305 e. The molecule has 1 aliphatic rings. The lowest BCUT2D eigenvalue weighted by atomic mass is 10.1. The zero-order chi connectivity index (χ0) is 10.1. The molecule has 0 saturated carbocycles. The first-order valence-corrected chi connectivity index (χ1v) is 8.40. The summed E-state index contributed by atoms with van der Waals surface area (Å²) >= 11 is 0. The molecule has 0 aromatic rings. The predicted octanol–water partition coefficient (Wildman–Crippen LogP) is 1.43. The summed E-state index contributed by atoms with van der Waals surface area (Å²) in [4.78, 5) is 2.65. The van der Waals surface area contributed by atoms with E-state index in [9.17, 15) is 0 Å². The van der Waals surface area contributed by atoms with Gasteiger partial charge in [0.2, 0.25) is 0 Å². The molecule has 1 fully saturated rings. The number of hydrogen-bond donors (Lipinski definition) is 1. The third-order valence-corrected chi connectivity index (χ3v) is 4.62. The van der Waals surface area contributed by atoms with Gasteiger partial charge in [0.1, 0.15) is 0 Å². The number of nitrogens with one attached hydrogen (secondary N) is 1. The Morgan fingerprint density at radius 2 is 1.92 bits per heavy atom. The third-order valence-electron chi connectivity index (χ3n) is 2.76. The van der Waals surface area contributed by atoms with Crippen LogP contribution in [0.5, 0.6) is 0 Å². The number of rotatable bonds is 1. The van der Waals surface area contributed by atoms with Gasteiger partial charge in [0.05, 0.1) is 8.80 Å². The highest BCUT2D eigenvalue weighted by molar-refractivity contribution is 6.57. The monoisotopic (exact) mass is 200 g/mol. The summed E-state index contributed by atoms with van der Waals surface area (Å²) in [6, 6.07) is 0. The van der Waals surface area contributed by atoms with Crippen molar-refractivity contribution in [1.82, 2.24) is 10.2 Å². The Kier molecular flexibility index (Phi) is 3.55. The van der Waals surface area contributed by atoms with Gasteiger partial charge in [-0.25, -0.2) is 0 Å². The zero-order valence-electron chi connectivity index (χ0n) is 9.72. The normalized spacial score (nSPS) is 26.8. The van der Waals surface area contributed by atoms with Gasteiger partial charge in [0.25, 0.3) is 0 Å². The number of nitrogens with zero attached hydrogens (tertiary/aromatic N) is 1. The molecule has 1 unspecified atom stereocenters. The molecule has 0 aliphatic carbocycles. The van der Waals surface area contributed by atoms with Gasteiger partial charge < -0.3 is 5.32 Å². The van der Waals surface area contributed by atoms with Crippen molar-refractivity contribution < 1.29 is 0 Å². The van der Waals surface area contributed by atoms with Crippen LogP contribution >= 0.6 is 0 Å². The molecular weight excluding hydrogens is 176 g/mol. The van der Waals surface area contributed by atoms with Crippen molar-refractivity contribution in [3.05, 3.63) is 0 Å². The second-order valence-corrected chi connectivity index (χ2v) is 8.48. The van der Waals surface area contributed by atoms with E-state index in [1.807, 2.05) is 0 Å². The van der Waals surface area contributed by atoms with Crippen molar-refractivity contribution in [2.75, 3.05) is 13.1 Å². The summed E-state index contributed by atoms with van der Waals surface area (Å²) in [6.07, 6.45) is 1.30. The Balaban J connectivity index is 2.67. The number of hydrogen-bond acceptors (Lipinski definition) is 2. The van der Waals surface area contributed by atoms with Crippen LogP contribution in [-0.4, -0.2) is 38.1 Å². The fourth-order valence-corrected chi connectivity index (χ4v) is 4.05. The second-order valence-electron chi connectivity index (χ2n) is 5.36. The van der Waals surface area contributed by atoms with E-state index in [1.54, 1.807) is 0 Å². The molecule has 0 aromatic heterocycles. The summed E-state index contributed by atoms with van der Waals surface area (Å²) in [5.41, 5.74) is 0.329. The van der Waals surface area contributed by atoms with E-state index in [4.69, 9.17) is 0 Å². The molecule has 1 N–H and O–H groups in total. The SMILES string of the molecule is C[SiH](C)C1NCCCN1C(C)(C)C. The van der Waals surface area contributed by atoms with E-state index in [2.05, 4.69) is 44.1 Å². The lowest BCUT2D eigenvalue weighted by molar-refractivity contribution is 0.0767. The van der Waals surface area contributed by atoms with Gasteiger partial charge in [-0.1, -0.05) is 13.1 Å². The molecule has 2 nitrogen and oxygen atoms in total. The van der Waals surface area contributed by atoms with Crippen LogP contribution in [0.15, 0.2) is 0 Å². The maximum Gasteiger partial charge on any atom is 0.0689 e. The third kappa shape index (κ3) is 2.79. The van der Waals surface area contributed by atoms with E-state index in [1.165, 1.54) is 19.5 Å². The topological polar surface area (TPSA) is 15.3 Å². The van der Waals surface area contributed by atoms with Crippen LogP contribution in [0.25, 0.3) is 0 Å². The lowest BCUT2D eigenvalue weighted by Gasteiger charge is -2.46. The molecule has 0 spiro atoms. The van der Waals surface area contributed by atoms with E-state index in [0.717, 1.165) is 0 Å². The Morgan fingerprint density at radius 3 is 2.31 bits per heavy atom. The second kappa shape index (κ2) is 4.11. The highest BCUT2D eigenvalue weighted by Gasteiger charge is 2.32. The molecule has 1 atom stereocenters. The molecule has 3 heteroatoms. The van der Waals surface area contributed by atoms with E-state index in [0.29, 0.717) is 11.3 Å². The van der Waals surface area contributed by atoms with Crippen LogP contribution in [0.4, 0.5) is 0 Å². The standard InChI is InChI=1S/C10H24N2Si/c1-10(2,3)12-8-6-7-11-9(12)13(4)5/h9,11,13H,6-8H2,1-5H3. The molecule has 0 bridgehead atoms. The van der Waals surface area contributed by atoms with Gasteiger partial charge >= 0.3 is 0 Å². The Morgan fingerprint density at radius 1 is 1.31 bits per heavy atom. The summed E-state index contributed by atoms with van der Waals surface area (Å²) in [5, 5.41) is 3.66. The summed E-state index contributed by atoms with van der Waals surface area (Å²) in [6.45, 7) is 14.3. The molecule has 0 aromatic carbocycles. The molecule has 1 rings (SSSR count). The summed E-state index contributed by atoms with van der Waals surface area (Å²) in [5.74, 6) is 0.703. The van der Waals surface area contributed by atoms with Crippen LogP contribution in [0.2, 0.25) is 13.1 Å². The first kappa shape index (κ1) is 11.2. The highest BCUT2D eigenvalue weighted by atomic mass is 28.3. The predicted molar refractivity (Wildman–Crippen MR) is 61.7 cm³/mol. The van der Waals surface area contributed by atoms with Gasteiger partial charge in [-0.2, -0.15) is 0 Å². The molecular formula is C10H24N2Si. The minimum atomic E-state index is -0.595. The average Bonchev–Trinajstić information content (AvgIpc) is 2.03. The largest absolute Gasteiger partial charge is 0.305 e. The Hall–Kier alpha value is 0.137. The Bertz CT molecular complexity index is 163.